The number of halogens is 2. The monoisotopic (exact) mass is 381 g/mol. The minimum absolute atomic E-state index is 0.189. The number of ether oxygens (including phenoxy) is 1. The average molecular weight is 381 g/mol. The summed E-state index contributed by atoms with van der Waals surface area (Å²) in [7, 11) is 0. The molecule has 1 heterocycles. The topological polar surface area (TPSA) is 38.3 Å². The van der Waals surface area contributed by atoms with Crippen molar-refractivity contribution in [3.05, 3.63) is 59.7 Å². The lowest BCUT2D eigenvalue weighted by Gasteiger charge is -2.21. The van der Waals surface area contributed by atoms with Gasteiger partial charge in [0.05, 0.1) is 4.58 Å². The first-order valence-electron chi connectivity index (χ1n) is 7.83. The van der Waals surface area contributed by atoms with Crippen LogP contribution in [0.1, 0.15) is 16.6 Å². The van der Waals surface area contributed by atoms with E-state index in [1.165, 1.54) is 29.6 Å². The minimum atomic E-state index is -1.01. The number of nitrogens with one attached hydrogen (secondary N) is 1. The molecule has 0 aromatic heterocycles. The summed E-state index contributed by atoms with van der Waals surface area (Å²) in [4.78, 5) is 11.8. The molecule has 3 rings (SSSR count). The lowest BCUT2D eigenvalue weighted by molar-refractivity contribution is -0.118. The van der Waals surface area contributed by atoms with Gasteiger partial charge in [0.1, 0.15) is 5.75 Å². The molecule has 1 fully saturated rings. The molecule has 132 valence electrons. The van der Waals surface area contributed by atoms with Crippen LogP contribution >= 0.6 is 23.5 Å². The van der Waals surface area contributed by atoms with E-state index in [0.717, 1.165) is 12.1 Å². The van der Waals surface area contributed by atoms with Gasteiger partial charge in [-0.15, -0.1) is 23.5 Å². The van der Waals surface area contributed by atoms with Crippen molar-refractivity contribution >= 4 is 35.1 Å². The van der Waals surface area contributed by atoms with Gasteiger partial charge in [-0.3, -0.25) is 4.79 Å². The van der Waals surface area contributed by atoms with E-state index >= 15 is 0 Å². The lowest BCUT2D eigenvalue weighted by Crippen LogP contribution is -2.20. The second-order valence-electron chi connectivity index (χ2n) is 5.46. The number of carbonyl (C=O) groups excluding carboxylic acids is 1. The van der Waals surface area contributed by atoms with E-state index in [4.69, 9.17) is 4.74 Å². The summed E-state index contributed by atoms with van der Waals surface area (Å²) >= 11 is 3.89. The Morgan fingerprint density at radius 3 is 2.48 bits per heavy atom. The number of benzene rings is 2. The summed E-state index contributed by atoms with van der Waals surface area (Å²) in [5.41, 5.74) is 1.43. The largest absolute Gasteiger partial charge is 0.484 e. The summed E-state index contributed by atoms with van der Waals surface area (Å²) in [5, 5.41) is 2.47. The molecule has 0 aliphatic carbocycles. The van der Waals surface area contributed by atoms with E-state index in [0.29, 0.717) is 10.3 Å². The highest BCUT2D eigenvalue weighted by atomic mass is 32.2. The Hall–Kier alpha value is -1.73. The van der Waals surface area contributed by atoms with Crippen LogP contribution in [-0.2, 0) is 4.79 Å². The molecule has 1 saturated heterocycles. The Balaban J connectivity index is 1.50. The van der Waals surface area contributed by atoms with Crippen molar-refractivity contribution in [2.24, 2.45) is 0 Å². The van der Waals surface area contributed by atoms with Crippen LogP contribution in [0, 0.1) is 11.6 Å². The third kappa shape index (κ3) is 5.12. The van der Waals surface area contributed by atoms with Crippen LogP contribution in [0.25, 0.3) is 0 Å². The molecule has 0 atom stereocenters. The first kappa shape index (κ1) is 18.1. The fraction of sp³-hybridized carbons (Fsp3) is 0.278. The Bertz CT molecular complexity index is 734. The Labute approximate surface area is 153 Å². The summed E-state index contributed by atoms with van der Waals surface area (Å²) in [6.07, 6.45) is 1.25. The highest BCUT2D eigenvalue weighted by Gasteiger charge is 2.16. The number of hydrogen-bond donors (Lipinski definition) is 1. The molecule has 1 N–H and O–H groups in total. The lowest BCUT2D eigenvalue weighted by atomic mass is 10.2. The highest BCUT2D eigenvalue weighted by Crippen LogP contribution is 2.43. The van der Waals surface area contributed by atoms with Crippen LogP contribution in [0.15, 0.2) is 42.5 Å². The number of rotatable bonds is 5. The number of thioether (sulfide) groups is 2. The number of hydrogen-bond acceptors (Lipinski definition) is 4. The Kier molecular flexibility index (Phi) is 6.20. The van der Waals surface area contributed by atoms with Crippen molar-refractivity contribution in [3.63, 3.8) is 0 Å². The van der Waals surface area contributed by atoms with Gasteiger partial charge < -0.3 is 10.1 Å². The molecule has 25 heavy (non-hydrogen) atoms. The van der Waals surface area contributed by atoms with Crippen LogP contribution in [-0.4, -0.2) is 24.0 Å². The molecule has 7 heteroatoms. The van der Waals surface area contributed by atoms with Crippen molar-refractivity contribution in [1.82, 2.24) is 0 Å². The fourth-order valence-corrected chi connectivity index (χ4v) is 5.22. The van der Waals surface area contributed by atoms with Gasteiger partial charge in [-0.1, -0.05) is 12.1 Å². The first-order chi connectivity index (χ1) is 12.1. The number of carbonyl (C=O) groups is 1. The van der Waals surface area contributed by atoms with E-state index in [1.807, 2.05) is 47.8 Å². The minimum Gasteiger partial charge on any atom is -0.484 e. The van der Waals surface area contributed by atoms with Gasteiger partial charge in [0.25, 0.3) is 5.91 Å². The molecule has 2 aromatic carbocycles. The van der Waals surface area contributed by atoms with Crippen molar-refractivity contribution in [2.45, 2.75) is 11.0 Å². The zero-order valence-corrected chi connectivity index (χ0v) is 15.0. The second-order valence-corrected chi connectivity index (χ2v) is 8.19. The molecule has 2 aromatic rings. The molecule has 0 spiro atoms. The van der Waals surface area contributed by atoms with Crippen LogP contribution in [0.5, 0.6) is 5.75 Å². The maximum Gasteiger partial charge on any atom is 0.262 e. The zero-order chi connectivity index (χ0) is 17.6. The van der Waals surface area contributed by atoms with Crippen LogP contribution in [0.2, 0.25) is 0 Å². The van der Waals surface area contributed by atoms with Gasteiger partial charge in [0.2, 0.25) is 0 Å². The standard InChI is InChI=1S/C18H17F2NO2S2/c19-15-7-4-13(10-16(15)20)21-17(22)11-23-14-5-2-12(3-6-14)18-24-8-1-9-25-18/h2-7,10,18H,1,8-9,11H2,(H,21,22). The zero-order valence-electron chi connectivity index (χ0n) is 13.3. The second kappa shape index (κ2) is 8.58. The van der Waals surface area contributed by atoms with Crippen molar-refractivity contribution in [1.29, 1.82) is 0 Å². The summed E-state index contributed by atoms with van der Waals surface area (Å²) in [5.74, 6) is 0.556. The van der Waals surface area contributed by atoms with Gasteiger partial charge in [-0.25, -0.2) is 8.78 Å². The molecule has 3 nitrogen and oxygen atoms in total. The van der Waals surface area contributed by atoms with Crippen LogP contribution < -0.4 is 10.1 Å². The summed E-state index contributed by atoms with van der Waals surface area (Å²) in [6.45, 7) is -0.203. The highest BCUT2D eigenvalue weighted by molar-refractivity contribution is 8.16. The normalized spacial score (nSPS) is 15.0. The predicted octanol–water partition coefficient (Wildman–Crippen LogP) is 4.85. The van der Waals surface area contributed by atoms with Gasteiger partial charge in [0, 0.05) is 11.8 Å². The van der Waals surface area contributed by atoms with E-state index in [9.17, 15) is 13.6 Å². The predicted molar refractivity (Wildman–Crippen MR) is 99.2 cm³/mol. The van der Waals surface area contributed by atoms with Gasteiger partial charge in [0.15, 0.2) is 18.2 Å². The fourth-order valence-electron chi connectivity index (χ4n) is 2.32. The Morgan fingerprint density at radius 2 is 1.80 bits per heavy atom. The third-order valence-electron chi connectivity index (χ3n) is 3.55. The van der Waals surface area contributed by atoms with Gasteiger partial charge in [-0.05, 0) is 47.8 Å². The molecule has 0 unspecified atom stereocenters. The first-order valence-corrected chi connectivity index (χ1v) is 9.92. The summed E-state index contributed by atoms with van der Waals surface area (Å²) in [6, 6.07) is 10.9. The summed E-state index contributed by atoms with van der Waals surface area (Å²) < 4.78 is 31.9. The Morgan fingerprint density at radius 1 is 1.08 bits per heavy atom. The molecule has 1 amide bonds. The molecule has 0 bridgehead atoms. The van der Waals surface area contributed by atoms with E-state index in [2.05, 4.69) is 5.32 Å². The maximum atomic E-state index is 13.1. The van der Waals surface area contributed by atoms with E-state index in [-0.39, 0.29) is 12.3 Å². The molecular weight excluding hydrogens is 364 g/mol. The van der Waals surface area contributed by atoms with Crippen LogP contribution in [0.4, 0.5) is 14.5 Å². The van der Waals surface area contributed by atoms with E-state index in [1.54, 1.807) is 0 Å². The van der Waals surface area contributed by atoms with Crippen molar-refractivity contribution in [3.8, 4) is 5.75 Å². The van der Waals surface area contributed by atoms with E-state index < -0.39 is 17.5 Å². The maximum absolute atomic E-state index is 13.1. The smallest absolute Gasteiger partial charge is 0.262 e. The molecule has 1 aliphatic rings. The van der Waals surface area contributed by atoms with Gasteiger partial charge in [-0.2, -0.15) is 0 Å². The molecular formula is C18H17F2NO2S2. The van der Waals surface area contributed by atoms with Crippen LogP contribution in [0.3, 0.4) is 0 Å². The number of amides is 1. The number of anilines is 1. The third-order valence-corrected chi connectivity index (χ3v) is 6.57. The van der Waals surface area contributed by atoms with Crippen molar-refractivity contribution in [2.75, 3.05) is 23.4 Å². The molecule has 1 aliphatic heterocycles. The van der Waals surface area contributed by atoms with Crippen molar-refractivity contribution < 1.29 is 18.3 Å². The average Bonchev–Trinajstić information content (AvgIpc) is 2.64. The van der Waals surface area contributed by atoms with Gasteiger partial charge >= 0.3 is 0 Å². The molecule has 0 radical (unpaired) electrons. The quantitative estimate of drug-likeness (QED) is 0.803. The SMILES string of the molecule is O=C(COc1ccc(C2SCCCS2)cc1)Nc1ccc(F)c(F)c1. The molecule has 0 saturated carbocycles.